The molecule has 1 aliphatic heterocycles. The van der Waals surface area contributed by atoms with Crippen LogP contribution in [-0.2, 0) is 25.7 Å². The Kier molecular flexibility index (Phi) is 6.27. The summed E-state index contributed by atoms with van der Waals surface area (Å²) < 4.78 is 20.2. The number of halogens is 1. The van der Waals surface area contributed by atoms with Crippen molar-refractivity contribution in [2.24, 2.45) is 0 Å². The maximum atomic E-state index is 13.7. The molecule has 33 heavy (non-hydrogen) atoms. The van der Waals surface area contributed by atoms with E-state index in [1.165, 1.54) is 25.3 Å². The van der Waals surface area contributed by atoms with Crippen molar-refractivity contribution in [2.45, 2.75) is 6.54 Å². The van der Waals surface area contributed by atoms with Gasteiger partial charge in [0.25, 0.3) is 11.1 Å². The topological polar surface area (TPSA) is 97.7 Å². The van der Waals surface area contributed by atoms with Gasteiger partial charge in [0, 0.05) is 22.7 Å². The average Bonchev–Trinajstić information content (AvgIpc) is 3.27. The first-order valence-electron chi connectivity index (χ1n) is 9.82. The Labute approximate surface area is 192 Å². The number of para-hydroxylation sites is 2. The van der Waals surface area contributed by atoms with Crippen LogP contribution in [0.25, 0.3) is 17.0 Å². The highest BCUT2D eigenvalue weighted by molar-refractivity contribution is 8.18. The first kappa shape index (κ1) is 22.3. The summed E-state index contributed by atoms with van der Waals surface area (Å²) in [5.74, 6) is -2.37. The fourth-order valence-corrected chi connectivity index (χ4v) is 4.23. The second-order valence-electron chi connectivity index (χ2n) is 7.10. The van der Waals surface area contributed by atoms with Crippen LogP contribution in [0.15, 0.2) is 59.6 Å². The van der Waals surface area contributed by atoms with Crippen LogP contribution in [0.5, 0.6) is 0 Å². The van der Waals surface area contributed by atoms with Gasteiger partial charge in [-0.1, -0.05) is 30.3 Å². The van der Waals surface area contributed by atoms with Gasteiger partial charge in [-0.2, -0.15) is 0 Å². The maximum Gasteiger partial charge on any atom is 0.325 e. The van der Waals surface area contributed by atoms with Crippen LogP contribution < -0.4 is 5.32 Å². The molecule has 0 unspecified atom stereocenters. The van der Waals surface area contributed by atoms with Crippen LogP contribution in [0.1, 0.15) is 5.56 Å². The Balaban J connectivity index is 1.56. The predicted molar refractivity (Wildman–Crippen MR) is 122 cm³/mol. The largest absolute Gasteiger partial charge is 0.468 e. The van der Waals surface area contributed by atoms with Gasteiger partial charge in [0.15, 0.2) is 0 Å². The highest BCUT2D eigenvalue weighted by Crippen LogP contribution is 2.34. The third-order valence-electron chi connectivity index (χ3n) is 4.96. The van der Waals surface area contributed by atoms with E-state index in [0.29, 0.717) is 17.3 Å². The number of nitrogens with zero attached hydrogens (tertiary/aromatic N) is 2. The number of amides is 3. The first-order valence-corrected chi connectivity index (χ1v) is 10.6. The molecule has 3 amide bonds. The number of fused-ring (bicyclic) bond motifs is 1. The number of thioether (sulfide) groups is 1. The van der Waals surface area contributed by atoms with Crippen molar-refractivity contribution in [1.29, 1.82) is 0 Å². The molecule has 8 nitrogen and oxygen atoms in total. The summed E-state index contributed by atoms with van der Waals surface area (Å²) in [6.45, 7) is -0.553. The monoisotopic (exact) mass is 467 g/mol. The fourth-order valence-electron chi connectivity index (χ4n) is 3.40. The van der Waals surface area contributed by atoms with Gasteiger partial charge in [-0.05, 0) is 36.0 Å². The van der Waals surface area contributed by atoms with Gasteiger partial charge in [0.2, 0.25) is 5.91 Å². The smallest absolute Gasteiger partial charge is 0.325 e. The molecule has 0 bridgehead atoms. The van der Waals surface area contributed by atoms with Crippen molar-refractivity contribution in [3.63, 3.8) is 0 Å². The predicted octanol–water partition coefficient (Wildman–Crippen LogP) is 3.63. The Hall–Kier alpha value is -3.92. The van der Waals surface area contributed by atoms with E-state index in [4.69, 9.17) is 4.74 Å². The van der Waals surface area contributed by atoms with E-state index in [0.717, 1.165) is 15.8 Å². The van der Waals surface area contributed by atoms with Gasteiger partial charge in [-0.3, -0.25) is 24.1 Å². The number of aromatic nitrogens is 1. The van der Waals surface area contributed by atoms with E-state index in [1.54, 1.807) is 22.9 Å². The summed E-state index contributed by atoms with van der Waals surface area (Å²) in [7, 11) is 1.30. The molecule has 0 atom stereocenters. The number of hydrogen-bond donors (Lipinski definition) is 1. The molecule has 0 radical (unpaired) electrons. The lowest BCUT2D eigenvalue weighted by Gasteiger charge is -2.12. The Morgan fingerprint density at radius 3 is 2.58 bits per heavy atom. The summed E-state index contributed by atoms with van der Waals surface area (Å²) in [4.78, 5) is 50.2. The molecule has 1 N–H and O–H groups in total. The van der Waals surface area contributed by atoms with Crippen LogP contribution >= 0.6 is 11.8 Å². The Morgan fingerprint density at radius 2 is 1.82 bits per heavy atom. The lowest BCUT2D eigenvalue weighted by molar-refractivity contribution is -0.141. The van der Waals surface area contributed by atoms with Crippen molar-refractivity contribution in [2.75, 3.05) is 19.0 Å². The summed E-state index contributed by atoms with van der Waals surface area (Å²) in [6, 6.07) is 12.9. The molecule has 3 aromatic rings. The molecule has 1 saturated heterocycles. The van der Waals surface area contributed by atoms with Crippen molar-refractivity contribution < 1.29 is 28.3 Å². The molecular formula is C23H18FN3O5S. The molecule has 10 heteroatoms. The Bertz CT molecular complexity index is 1320. The average molecular weight is 467 g/mol. The number of anilines is 1. The highest BCUT2D eigenvalue weighted by atomic mass is 32.2. The molecule has 1 aromatic heterocycles. The third-order valence-corrected chi connectivity index (χ3v) is 5.86. The second-order valence-corrected chi connectivity index (χ2v) is 8.09. The van der Waals surface area contributed by atoms with Crippen LogP contribution in [0.2, 0.25) is 0 Å². The number of rotatable bonds is 6. The third kappa shape index (κ3) is 4.65. The van der Waals surface area contributed by atoms with E-state index >= 15 is 0 Å². The minimum Gasteiger partial charge on any atom is -0.468 e. The number of carbonyl (C=O) groups is 4. The number of hydrogen-bond acceptors (Lipinski definition) is 6. The van der Waals surface area contributed by atoms with E-state index < -0.39 is 35.4 Å². The summed E-state index contributed by atoms with van der Waals surface area (Å²) in [6.07, 6.45) is 3.25. The van der Waals surface area contributed by atoms with Crippen molar-refractivity contribution in [3.8, 4) is 0 Å². The van der Waals surface area contributed by atoms with Crippen molar-refractivity contribution in [1.82, 2.24) is 9.47 Å². The molecule has 0 aliphatic carbocycles. The van der Waals surface area contributed by atoms with E-state index in [9.17, 15) is 23.6 Å². The van der Waals surface area contributed by atoms with Crippen molar-refractivity contribution in [3.05, 3.63) is 71.0 Å². The number of nitrogens with one attached hydrogen (secondary N) is 1. The van der Waals surface area contributed by atoms with E-state index in [-0.39, 0.29) is 17.1 Å². The first-order chi connectivity index (χ1) is 15.9. The number of imide groups is 1. The fraction of sp³-hybridized carbons (Fsp3) is 0.130. The number of benzene rings is 2. The van der Waals surface area contributed by atoms with Crippen LogP contribution in [0, 0.1) is 5.82 Å². The summed E-state index contributed by atoms with van der Waals surface area (Å²) in [5.41, 5.74) is 1.36. The molecule has 2 aromatic carbocycles. The van der Waals surface area contributed by atoms with Gasteiger partial charge < -0.3 is 14.6 Å². The number of carbonyl (C=O) groups excluding carboxylic acids is 4. The van der Waals surface area contributed by atoms with Gasteiger partial charge in [-0.15, -0.1) is 0 Å². The van der Waals surface area contributed by atoms with Gasteiger partial charge in [-0.25, -0.2) is 4.39 Å². The number of esters is 1. The van der Waals surface area contributed by atoms with Gasteiger partial charge in [0.05, 0.1) is 17.7 Å². The zero-order valence-corrected chi connectivity index (χ0v) is 18.2. The van der Waals surface area contributed by atoms with Gasteiger partial charge >= 0.3 is 5.97 Å². The molecule has 4 rings (SSSR count). The number of ether oxygens (including phenoxy) is 1. The molecule has 0 spiro atoms. The molecule has 1 aliphatic rings. The molecular weight excluding hydrogens is 449 g/mol. The highest BCUT2D eigenvalue weighted by Gasteiger charge is 2.36. The van der Waals surface area contributed by atoms with Crippen LogP contribution in [-0.4, -0.2) is 46.1 Å². The minimum atomic E-state index is -0.696. The summed E-state index contributed by atoms with van der Waals surface area (Å²) >= 11 is 0.708. The Morgan fingerprint density at radius 1 is 1.09 bits per heavy atom. The summed E-state index contributed by atoms with van der Waals surface area (Å²) in [5, 5.41) is 2.54. The molecule has 168 valence electrons. The quantitative estimate of drug-likeness (QED) is 0.439. The van der Waals surface area contributed by atoms with Gasteiger partial charge in [0.1, 0.15) is 18.9 Å². The van der Waals surface area contributed by atoms with Crippen LogP contribution in [0.3, 0.4) is 0 Å². The molecule has 1 fully saturated rings. The normalized spacial score (nSPS) is 14.8. The van der Waals surface area contributed by atoms with E-state index in [1.807, 2.05) is 24.3 Å². The van der Waals surface area contributed by atoms with Crippen LogP contribution in [0.4, 0.5) is 14.9 Å². The molecule has 0 saturated carbocycles. The zero-order chi connectivity index (χ0) is 23.5. The zero-order valence-electron chi connectivity index (χ0n) is 17.4. The lowest BCUT2D eigenvalue weighted by Crippen LogP contribution is -2.36. The van der Waals surface area contributed by atoms with Crippen molar-refractivity contribution >= 4 is 57.5 Å². The van der Waals surface area contributed by atoms with E-state index in [2.05, 4.69) is 5.32 Å². The lowest BCUT2D eigenvalue weighted by atomic mass is 10.1. The maximum absolute atomic E-state index is 13.7. The molecule has 2 heterocycles. The standard InChI is InChI=1S/C23H18FN3O5S/c1-32-21(29)13-26-11-14(15-6-2-5-9-18(15)26)10-19-22(30)27(23(31)33-19)12-20(28)25-17-8-4-3-7-16(17)24/h2-11H,12-13H2,1H3,(H,25,28)/b19-10-. The SMILES string of the molecule is COC(=O)Cn1cc(/C=C2\SC(=O)N(CC(=O)Nc3ccccc3F)C2=O)c2ccccc21. The number of methoxy groups -OCH3 is 1. The second kappa shape index (κ2) is 9.29. The minimum absolute atomic E-state index is 0.0114.